The standard InChI is InChI=1S/C14H21N3O4S/c1-3-20-13(18)12(9-8-22-14(15)16-9)17-21-11-7-5-4-6-10(11)19-2/h8,10-11H,3-7H2,1-2H3,(H2,15,16). The number of carbonyl (C=O) groups is 1. The molecule has 2 atom stereocenters. The van der Waals surface area contributed by atoms with Gasteiger partial charge in [0.25, 0.3) is 0 Å². The van der Waals surface area contributed by atoms with Crippen molar-refractivity contribution in [1.82, 2.24) is 4.98 Å². The molecule has 1 aromatic rings. The zero-order chi connectivity index (χ0) is 15.9. The summed E-state index contributed by atoms with van der Waals surface area (Å²) in [7, 11) is 1.66. The Hall–Kier alpha value is -1.67. The lowest BCUT2D eigenvalue weighted by Gasteiger charge is -2.28. The lowest BCUT2D eigenvalue weighted by molar-refractivity contribution is -0.135. The lowest BCUT2D eigenvalue weighted by Crippen LogP contribution is -2.33. The molecule has 1 heterocycles. The summed E-state index contributed by atoms with van der Waals surface area (Å²) in [6, 6.07) is 0. The topological polar surface area (TPSA) is 96.0 Å². The van der Waals surface area contributed by atoms with E-state index in [2.05, 4.69) is 10.1 Å². The maximum absolute atomic E-state index is 12.0. The van der Waals surface area contributed by atoms with Crippen LogP contribution in [-0.2, 0) is 19.1 Å². The number of thiazole rings is 1. The molecule has 0 amide bonds. The summed E-state index contributed by atoms with van der Waals surface area (Å²) in [6.45, 7) is 1.98. The van der Waals surface area contributed by atoms with Crippen LogP contribution >= 0.6 is 11.3 Å². The zero-order valence-corrected chi connectivity index (χ0v) is 13.6. The minimum absolute atomic E-state index is 0.0125. The second-order valence-corrected chi connectivity index (χ2v) is 5.82. The molecule has 0 aromatic carbocycles. The summed E-state index contributed by atoms with van der Waals surface area (Å²) >= 11 is 1.23. The molecule has 0 spiro atoms. The fourth-order valence-electron chi connectivity index (χ4n) is 2.36. The number of hydrogen-bond donors (Lipinski definition) is 1. The number of esters is 1. The van der Waals surface area contributed by atoms with Crippen molar-refractivity contribution in [3.8, 4) is 0 Å². The number of carbonyl (C=O) groups excluding carboxylic acids is 1. The van der Waals surface area contributed by atoms with Crippen molar-refractivity contribution in [3.05, 3.63) is 11.1 Å². The van der Waals surface area contributed by atoms with Crippen LogP contribution in [0.15, 0.2) is 10.5 Å². The van der Waals surface area contributed by atoms with Gasteiger partial charge in [-0.3, -0.25) is 0 Å². The number of ether oxygens (including phenoxy) is 2. The molecule has 2 rings (SSSR count). The second-order valence-electron chi connectivity index (χ2n) is 4.93. The van der Waals surface area contributed by atoms with E-state index in [-0.39, 0.29) is 24.5 Å². The molecule has 1 saturated carbocycles. The summed E-state index contributed by atoms with van der Waals surface area (Å²) in [5.74, 6) is -0.572. The first-order valence-corrected chi connectivity index (χ1v) is 8.18. The fourth-order valence-corrected chi connectivity index (χ4v) is 2.91. The van der Waals surface area contributed by atoms with Crippen LogP contribution in [0.3, 0.4) is 0 Å². The normalized spacial score (nSPS) is 22.4. The van der Waals surface area contributed by atoms with Crippen LogP contribution in [0.4, 0.5) is 5.13 Å². The number of aromatic nitrogens is 1. The van der Waals surface area contributed by atoms with Gasteiger partial charge in [-0.25, -0.2) is 9.78 Å². The van der Waals surface area contributed by atoms with Crippen LogP contribution in [0.2, 0.25) is 0 Å². The lowest BCUT2D eigenvalue weighted by atomic mass is 9.95. The van der Waals surface area contributed by atoms with Gasteiger partial charge in [0.05, 0.1) is 12.7 Å². The molecule has 1 aliphatic carbocycles. The van der Waals surface area contributed by atoms with E-state index in [0.717, 1.165) is 25.7 Å². The van der Waals surface area contributed by atoms with Crippen LogP contribution in [0, 0.1) is 0 Å². The van der Waals surface area contributed by atoms with Gasteiger partial charge in [0, 0.05) is 12.5 Å². The third-order valence-electron chi connectivity index (χ3n) is 3.46. The molecule has 0 bridgehead atoms. The van der Waals surface area contributed by atoms with E-state index in [1.165, 1.54) is 11.3 Å². The quantitative estimate of drug-likeness (QED) is 0.487. The first-order chi connectivity index (χ1) is 10.7. The molecule has 2 unspecified atom stereocenters. The highest BCUT2D eigenvalue weighted by molar-refractivity contribution is 7.13. The first kappa shape index (κ1) is 16.7. The molecule has 22 heavy (non-hydrogen) atoms. The number of oxime groups is 1. The molecular weight excluding hydrogens is 306 g/mol. The third-order valence-corrected chi connectivity index (χ3v) is 4.13. The molecule has 2 N–H and O–H groups in total. The molecule has 0 saturated heterocycles. The number of rotatable bonds is 6. The molecule has 1 aromatic heterocycles. The van der Waals surface area contributed by atoms with E-state index in [1.54, 1.807) is 19.4 Å². The Morgan fingerprint density at radius 1 is 1.45 bits per heavy atom. The molecule has 0 aliphatic heterocycles. The highest BCUT2D eigenvalue weighted by Crippen LogP contribution is 2.24. The number of nitrogen functional groups attached to an aromatic ring is 1. The molecule has 0 radical (unpaired) electrons. The molecule has 8 heteroatoms. The van der Waals surface area contributed by atoms with E-state index in [4.69, 9.17) is 20.0 Å². The van der Waals surface area contributed by atoms with Crippen LogP contribution < -0.4 is 5.73 Å². The predicted octanol–water partition coefficient (Wildman–Crippen LogP) is 1.97. The summed E-state index contributed by atoms with van der Waals surface area (Å²) in [4.78, 5) is 21.7. The zero-order valence-electron chi connectivity index (χ0n) is 12.8. The van der Waals surface area contributed by atoms with E-state index in [0.29, 0.717) is 10.8 Å². The van der Waals surface area contributed by atoms with Gasteiger partial charge in [0.2, 0.25) is 5.71 Å². The molecular formula is C14H21N3O4S. The second kappa shape index (κ2) is 8.09. The van der Waals surface area contributed by atoms with Gasteiger partial charge in [-0.2, -0.15) is 0 Å². The number of hydrogen-bond acceptors (Lipinski definition) is 8. The van der Waals surface area contributed by atoms with E-state index >= 15 is 0 Å². The monoisotopic (exact) mass is 327 g/mol. The van der Waals surface area contributed by atoms with Crippen molar-refractivity contribution in [2.45, 2.75) is 44.8 Å². The molecule has 7 nitrogen and oxygen atoms in total. The Labute approximate surface area is 133 Å². The summed E-state index contributed by atoms with van der Waals surface area (Å²) in [5.41, 5.74) is 6.02. The number of nitrogens with two attached hydrogens (primary N) is 1. The number of nitrogens with zero attached hydrogens (tertiary/aromatic N) is 2. The van der Waals surface area contributed by atoms with Crippen molar-refractivity contribution in [3.63, 3.8) is 0 Å². The van der Waals surface area contributed by atoms with Crippen LogP contribution in [0.1, 0.15) is 38.3 Å². The van der Waals surface area contributed by atoms with Gasteiger partial charge in [-0.15, -0.1) is 11.3 Å². The van der Waals surface area contributed by atoms with Crippen LogP contribution in [0.5, 0.6) is 0 Å². The summed E-state index contributed by atoms with van der Waals surface area (Å²) < 4.78 is 10.4. The van der Waals surface area contributed by atoms with Gasteiger partial charge < -0.3 is 20.0 Å². The molecule has 1 fully saturated rings. The Balaban J connectivity index is 2.15. The molecule has 122 valence electrons. The maximum atomic E-state index is 12.0. The minimum atomic E-state index is -0.572. The Morgan fingerprint density at radius 2 is 2.18 bits per heavy atom. The third kappa shape index (κ3) is 4.17. The largest absolute Gasteiger partial charge is 0.461 e. The van der Waals surface area contributed by atoms with Gasteiger partial charge in [0.15, 0.2) is 11.2 Å². The summed E-state index contributed by atoms with van der Waals surface area (Å²) in [6.07, 6.45) is 3.75. The number of methoxy groups -OCH3 is 1. The smallest absolute Gasteiger partial charge is 0.362 e. The maximum Gasteiger partial charge on any atom is 0.362 e. The fraction of sp³-hybridized carbons (Fsp3) is 0.643. The van der Waals surface area contributed by atoms with E-state index < -0.39 is 5.97 Å². The minimum Gasteiger partial charge on any atom is -0.461 e. The predicted molar refractivity (Wildman–Crippen MR) is 83.8 cm³/mol. The average molecular weight is 327 g/mol. The average Bonchev–Trinajstić information content (AvgIpc) is 2.94. The highest BCUT2D eigenvalue weighted by Gasteiger charge is 2.28. The van der Waals surface area contributed by atoms with E-state index in [9.17, 15) is 4.79 Å². The van der Waals surface area contributed by atoms with Crippen molar-refractivity contribution in [1.29, 1.82) is 0 Å². The van der Waals surface area contributed by atoms with Crippen molar-refractivity contribution in [2.24, 2.45) is 5.16 Å². The van der Waals surface area contributed by atoms with Crippen LogP contribution in [0.25, 0.3) is 0 Å². The van der Waals surface area contributed by atoms with E-state index in [1.807, 2.05) is 0 Å². The highest BCUT2D eigenvalue weighted by atomic mass is 32.1. The van der Waals surface area contributed by atoms with Gasteiger partial charge in [0.1, 0.15) is 5.69 Å². The van der Waals surface area contributed by atoms with Crippen molar-refractivity contribution in [2.75, 3.05) is 19.5 Å². The van der Waals surface area contributed by atoms with Crippen molar-refractivity contribution < 1.29 is 19.1 Å². The number of anilines is 1. The Morgan fingerprint density at radius 3 is 2.77 bits per heavy atom. The van der Waals surface area contributed by atoms with Gasteiger partial charge >= 0.3 is 5.97 Å². The van der Waals surface area contributed by atoms with Crippen molar-refractivity contribution >= 4 is 28.1 Å². The SMILES string of the molecule is CCOC(=O)C(=NOC1CCCCC1OC)c1csc(N)n1. The summed E-state index contributed by atoms with van der Waals surface area (Å²) in [5, 5.41) is 6.01. The first-order valence-electron chi connectivity index (χ1n) is 7.30. The van der Waals surface area contributed by atoms with Gasteiger partial charge in [-0.05, 0) is 26.2 Å². The molecule has 1 aliphatic rings. The Bertz CT molecular complexity index is 532. The Kier molecular flexibility index (Phi) is 6.14. The van der Waals surface area contributed by atoms with Gasteiger partial charge in [-0.1, -0.05) is 11.6 Å². The van der Waals surface area contributed by atoms with Crippen LogP contribution in [-0.4, -0.2) is 42.6 Å².